The van der Waals surface area contributed by atoms with Gasteiger partial charge in [0.15, 0.2) is 0 Å². The number of aromatic nitrogens is 1. The van der Waals surface area contributed by atoms with Gasteiger partial charge in [0.25, 0.3) is 0 Å². The molecule has 1 aliphatic heterocycles. The molecule has 0 radical (unpaired) electrons. The van der Waals surface area contributed by atoms with Gasteiger partial charge in [0.05, 0.1) is 17.3 Å². The third-order valence-corrected chi connectivity index (χ3v) is 7.27. The molecule has 0 unspecified atom stereocenters. The molecule has 2 heterocycles. The van der Waals surface area contributed by atoms with Gasteiger partial charge in [-0.2, -0.15) is 4.31 Å². The van der Waals surface area contributed by atoms with Crippen molar-refractivity contribution in [2.75, 3.05) is 32.0 Å². The molecule has 1 amide bonds. The van der Waals surface area contributed by atoms with Crippen LogP contribution in [-0.4, -0.2) is 55.6 Å². The third kappa shape index (κ3) is 6.19. The van der Waals surface area contributed by atoms with Gasteiger partial charge < -0.3 is 10.1 Å². The zero-order valence-electron chi connectivity index (χ0n) is 16.3. The zero-order chi connectivity index (χ0) is 20.7. The number of carbonyl (C=O) groups excluding carboxylic acids is 1. The van der Waals surface area contributed by atoms with Crippen LogP contribution in [0.3, 0.4) is 0 Å². The van der Waals surface area contributed by atoms with Crippen molar-refractivity contribution in [3.63, 3.8) is 0 Å². The van der Waals surface area contributed by atoms with Gasteiger partial charge >= 0.3 is 0 Å². The fraction of sp³-hybridized carbons (Fsp3) is 0.400. The van der Waals surface area contributed by atoms with E-state index < -0.39 is 10.0 Å². The summed E-state index contributed by atoms with van der Waals surface area (Å²) >= 11 is 1.26. The number of pyridine rings is 1. The van der Waals surface area contributed by atoms with Crippen molar-refractivity contribution >= 4 is 27.7 Å². The largest absolute Gasteiger partial charge is 0.492 e. The van der Waals surface area contributed by atoms with E-state index in [-0.39, 0.29) is 16.6 Å². The monoisotopic (exact) mass is 435 g/mol. The van der Waals surface area contributed by atoms with E-state index >= 15 is 0 Å². The van der Waals surface area contributed by atoms with E-state index in [1.807, 2.05) is 31.2 Å². The van der Waals surface area contributed by atoms with Crippen molar-refractivity contribution in [1.82, 2.24) is 14.6 Å². The lowest BCUT2D eigenvalue weighted by atomic mass is 10.2. The molecule has 1 fully saturated rings. The molecule has 1 saturated heterocycles. The molecule has 1 N–H and O–H groups in total. The van der Waals surface area contributed by atoms with Crippen LogP contribution >= 0.6 is 11.8 Å². The molecule has 0 atom stereocenters. The maximum atomic E-state index is 12.5. The molecule has 3 rings (SSSR count). The lowest BCUT2D eigenvalue weighted by Gasteiger charge is -2.15. The average molecular weight is 436 g/mol. The van der Waals surface area contributed by atoms with Crippen molar-refractivity contribution in [3.05, 3.63) is 48.2 Å². The standard InChI is InChI=1S/C20H25N3O4S2/c1-16-5-4-6-17(13-16)27-12-9-21-19(24)15-28-20-8-7-18(14-22-20)29(25,26)23-10-2-3-11-23/h4-8,13-14H,2-3,9-12,15H2,1H3,(H,21,24). The number of ether oxygens (including phenoxy) is 1. The quantitative estimate of drug-likeness (QED) is 0.481. The van der Waals surface area contributed by atoms with Gasteiger partial charge in [0.2, 0.25) is 15.9 Å². The van der Waals surface area contributed by atoms with E-state index in [2.05, 4.69) is 10.3 Å². The molecule has 1 aromatic heterocycles. The first kappa shape index (κ1) is 21.6. The molecule has 0 bridgehead atoms. The van der Waals surface area contributed by atoms with Crippen molar-refractivity contribution in [2.45, 2.75) is 29.7 Å². The van der Waals surface area contributed by atoms with Crippen molar-refractivity contribution in [3.8, 4) is 5.75 Å². The van der Waals surface area contributed by atoms with Crippen molar-refractivity contribution in [1.29, 1.82) is 0 Å². The number of nitrogens with one attached hydrogen (secondary N) is 1. The Labute approximate surface area is 175 Å². The normalized spacial score (nSPS) is 14.7. The molecule has 156 valence electrons. The van der Waals surface area contributed by atoms with Gasteiger partial charge in [0, 0.05) is 19.3 Å². The first-order valence-electron chi connectivity index (χ1n) is 9.50. The lowest BCUT2D eigenvalue weighted by molar-refractivity contribution is -0.118. The summed E-state index contributed by atoms with van der Waals surface area (Å²) in [4.78, 5) is 16.3. The third-order valence-electron chi connectivity index (χ3n) is 4.45. The Morgan fingerprint density at radius 3 is 2.72 bits per heavy atom. The van der Waals surface area contributed by atoms with Gasteiger partial charge in [-0.15, -0.1) is 0 Å². The van der Waals surface area contributed by atoms with Gasteiger partial charge in [-0.1, -0.05) is 23.9 Å². The Bertz CT molecular complexity index is 927. The van der Waals surface area contributed by atoms with Crippen LogP contribution in [-0.2, 0) is 14.8 Å². The number of sulfonamides is 1. The number of aryl methyl sites for hydroxylation is 1. The van der Waals surface area contributed by atoms with Crippen LogP contribution in [0.15, 0.2) is 52.5 Å². The van der Waals surface area contributed by atoms with Crippen LogP contribution in [0.1, 0.15) is 18.4 Å². The highest BCUT2D eigenvalue weighted by molar-refractivity contribution is 7.99. The summed E-state index contributed by atoms with van der Waals surface area (Å²) in [5.41, 5.74) is 1.12. The first-order valence-corrected chi connectivity index (χ1v) is 11.9. The van der Waals surface area contributed by atoms with Crippen LogP contribution in [0.5, 0.6) is 5.75 Å². The Balaban J connectivity index is 1.39. The fourth-order valence-electron chi connectivity index (χ4n) is 2.94. The average Bonchev–Trinajstić information content (AvgIpc) is 3.26. The Kier molecular flexibility index (Phi) is 7.51. The minimum Gasteiger partial charge on any atom is -0.492 e. The molecule has 1 aliphatic rings. The number of rotatable bonds is 9. The van der Waals surface area contributed by atoms with E-state index in [1.54, 1.807) is 12.1 Å². The fourth-order valence-corrected chi connectivity index (χ4v) is 5.07. The summed E-state index contributed by atoms with van der Waals surface area (Å²) in [6.45, 7) is 3.92. The molecular weight excluding hydrogens is 410 g/mol. The first-order chi connectivity index (χ1) is 13.9. The van der Waals surface area contributed by atoms with Crippen LogP contribution in [0.25, 0.3) is 0 Å². The van der Waals surface area contributed by atoms with E-state index in [9.17, 15) is 13.2 Å². The highest BCUT2D eigenvalue weighted by atomic mass is 32.2. The number of hydrogen-bond acceptors (Lipinski definition) is 6. The molecular formula is C20H25N3O4S2. The van der Waals surface area contributed by atoms with Gasteiger partial charge in [-0.3, -0.25) is 4.79 Å². The number of amides is 1. The van der Waals surface area contributed by atoms with Crippen LogP contribution < -0.4 is 10.1 Å². The Morgan fingerprint density at radius 2 is 2.03 bits per heavy atom. The SMILES string of the molecule is Cc1cccc(OCCNC(=O)CSc2ccc(S(=O)(=O)N3CCCC3)cn2)c1. The van der Waals surface area contributed by atoms with E-state index in [0.29, 0.717) is 31.3 Å². The lowest BCUT2D eigenvalue weighted by Crippen LogP contribution is -2.29. The summed E-state index contributed by atoms with van der Waals surface area (Å²) < 4.78 is 32.0. The van der Waals surface area contributed by atoms with E-state index in [0.717, 1.165) is 24.2 Å². The number of benzene rings is 1. The zero-order valence-corrected chi connectivity index (χ0v) is 18.0. The molecule has 2 aromatic rings. The predicted octanol–water partition coefficient (Wildman–Crippen LogP) is 2.46. The number of hydrogen-bond donors (Lipinski definition) is 1. The maximum Gasteiger partial charge on any atom is 0.244 e. The maximum absolute atomic E-state index is 12.5. The van der Waals surface area contributed by atoms with Crippen molar-refractivity contribution < 1.29 is 17.9 Å². The van der Waals surface area contributed by atoms with Gasteiger partial charge in [-0.25, -0.2) is 13.4 Å². The number of thioether (sulfide) groups is 1. The van der Waals surface area contributed by atoms with Crippen LogP contribution in [0, 0.1) is 6.92 Å². The molecule has 7 nitrogen and oxygen atoms in total. The number of nitrogens with zero attached hydrogens (tertiary/aromatic N) is 2. The Hall–Kier alpha value is -2.10. The van der Waals surface area contributed by atoms with E-state index in [4.69, 9.17) is 4.74 Å². The van der Waals surface area contributed by atoms with Crippen molar-refractivity contribution in [2.24, 2.45) is 0 Å². The highest BCUT2D eigenvalue weighted by Crippen LogP contribution is 2.22. The summed E-state index contributed by atoms with van der Waals surface area (Å²) in [5.74, 6) is 0.857. The summed E-state index contributed by atoms with van der Waals surface area (Å²) in [5, 5.41) is 3.40. The summed E-state index contributed by atoms with van der Waals surface area (Å²) in [6, 6.07) is 10.9. The summed E-state index contributed by atoms with van der Waals surface area (Å²) in [7, 11) is -3.46. The van der Waals surface area contributed by atoms with E-state index in [1.165, 1.54) is 22.3 Å². The molecule has 9 heteroatoms. The minimum atomic E-state index is -3.46. The molecule has 1 aromatic carbocycles. The molecule has 0 aliphatic carbocycles. The van der Waals surface area contributed by atoms with Crippen LogP contribution in [0.4, 0.5) is 0 Å². The summed E-state index contributed by atoms with van der Waals surface area (Å²) in [6.07, 6.45) is 3.15. The second-order valence-electron chi connectivity index (χ2n) is 6.75. The molecule has 0 spiro atoms. The second-order valence-corrected chi connectivity index (χ2v) is 9.68. The predicted molar refractivity (Wildman–Crippen MR) is 113 cm³/mol. The smallest absolute Gasteiger partial charge is 0.244 e. The topological polar surface area (TPSA) is 88.6 Å². The highest BCUT2D eigenvalue weighted by Gasteiger charge is 2.27. The van der Waals surface area contributed by atoms with Gasteiger partial charge in [0.1, 0.15) is 17.3 Å². The van der Waals surface area contributed by atoms with Gasteiger partial charge in [-0.05, 0) is 49.6 Å². The minimum absolute atomic E-state index is 0.126. The Morgan fingerprint density at radius 1 is 1.24 bits per heavy atom. The molecule has 0 saturated carbocycles. The molecule has 29 heavy (non-hydrogen) atoms. The second kappa shape index (κ2) is 10.1. The number of carbonyl (C=O) groups is 1. The van der Waals surface area contributed by atoms with Crippen LogP contribution in [0.2, 0.25) is 0 Å².